The predicted octanol–water partition coefficient (Wildman–Crippen LogP) is 4.00. The van der Waals surface area contributed by atoms with Crippen LogP contribution in [0.3, 0.4) is 0 Å². The molecule has 138 valence electrons. The molecule has 1 aromatic carbocycles. The van der Waals surface area contributed by atoms with Gasteiger partial charge in [0.1, 0.15) is 5.82 Å². The number of hydrogen-bond acceptors (Lipinski definition) is 4. The lowest BCUT2D eigenvalue weighted by molar-refractivity contribution is -0.117. The Morgan fingerprint density at radius 2 is 2.12 bits per heavy atom. The zero-order valence-corrected chi connectivity index (χ0v) is 16.1. The summed E-state index contributed by atoms with van der Waals surface area (Å²) in [5.74, 6) is 1.84. The minimum absolute atomic E-state index is 0.143. The Balaban J connectivity index is 1.40. The fraction of sp³-hybridized carbons (Fsp3) is 0.550. The number of para-hydroxylation sites is 1. The Morgan fingerprint density at radius 1 is 1.31 bits per heavy atom. The third-order valence-corrected chi connectivity index (χ3v) is 6.42. The number of anilines is 1. The van der Waals surface area contributed by atoms with E-state index in [1.807, 2.05) is 24.0 Å². The second-order valence-corrected chi connectivity index (χ2v) is 8.71. The van der Waals surface area contributed by atoms with E-state index in [0.717, 1.165) is 43.2 Å². The zero-order valence-electron chi connectivity index (χ0n) is 15.3. The average Bonchev–Trinajstić information content (AvgIpc) is 3.33. The number of nitrogens with zero attached hydrogens (tertiary/aromatic N) is 3. The third-order valence-electron chi connectivity index (χ3n) is 5.47. The Bertz CT molecular complexity index is 769. The van der Waals surface area contributed by atoms with E-state index in [1.54, 1.807) is 0 Å². The predicted molar refractivity (Wildman–Crippen MR) is 104 cm³/mol. The first-order chi connectivity index (χ1) is 12.7. The molecule has 1 aromatic heterocycles. The first-order valence-electron chi connectivity index (χ1n) is 9.68. The van der Waals surface area contributed by atoms with Gasteiger partial charge in [-0.2, -0.15) is 0 Å². The van der Waals surface area contributed by atoms with Crippen molar-refractivity contribution in [1.82, 2.24) is 15.2 Å². The topological polar surface area (TPSA) is 61.9 Å². The number of carbonyl (C=O) groups is 1. The molecule has 1 aliphatic heterocycles. The zero-order chi connectivity index (χ0) is 17.9. The van der Waals surface area contributed by atoms with Gasteiger partial charge in [0.05, 0.1) is 5.25 Å². The molecule has 1 amide bonds. The van der Waals surface area contributed by atoms with Crippen LogP contribution in [0.5, 0.6) is 0 Å². The van der Waals surface area contributed by atoms with E-state index >= 15 is 0 Å². The molecule has 1 aliphatic carbocycles. The lowest BCUT2D eigenvalue weighted by atomic mass is 10.0. The van der Waals surface area contributed by atoms with Gasteiger partial charge in [0.15, 0.2) is 0 Å². The number of hydrogen-bond donors (Lipinski definition) is 1. The highest BCUT2D eigenvalue weighted by molar-refractivity contribution is 8.00. The van der Waals surface area contributed by atoms with Gasteiger partial charge >= 0.3 is 0 Å². The number of H-pyrrole nitrogens is 1. The number of aromatic nitrogens is 3. The van der Waals surface area contributed by atoms with E-state index in [4.69, 9.17) is 0 Å². The normalized spacial score (nSPS) is 18.7. The molecule has 26 heavy (non-hydrogen) atoms. The number of thioether (sulfide) groups is 1. The Hall–Kier alpha value is -1.82. The van der Waals surface area contributed by atoms with Gasteiger partial charge in [0.2, 0.25) is 11.1 Å². The number of nitrogens with one attached hydrogen (secondary N) is 1. The number of aryl methyl sites for hydroxylation is 1. The van der Waals surface area contributed by atoms with Crippen LogP contribution in [-0.4, -0.2) is 32.9 Å². The van der Waals surface area contributed by atoms with Crippen molar-refractivity contribution in [3.63, 3.8) is 0 Å². The summed E-state index contributed by atoms with van der Waals surface area (Å²) in [6.45, 7) is 2.75. The number of benzene rings is 1. The minimum atomic E-state index is -0.198. The minimum Gasteiger partial charge on any atom is -0.311 e. The van der Waals surface area contributed by atoms with E-state index in [0.29, 0.717) is 5.16 Å². The fourth-order valence-corrected chi connectivity index (χ4v) is 4.91. The van der Waals surface area contributed by atoms with Crippen molar-refractivity contribution in [3.8, 4) is 0 Å². The molecular formula is C20H26N4OS. The van der Waals surface area contributed by atoms with Gasteiger partial charge < -0.3 is 4.90 Å². The van der Waals surface area contributed by atoms with Gasteiger partial charge in [-0.1, -0.05) is 55.6 Å². The molecule has 0 bridgehead atoms. The summed E-state index contributed by atoms with van der Waals surface area (Å²) < 4.78 is 0. The molecule has 1 atom stereocenters. The fourth-order valence-electron chi connectivity index (χ4n) is 4.10. The number of fused-ring (bicyclic) bond motifs is 1. The molecule has 0 radical (unpaired) electrons. The Labute approximate surface area is 159 Å². The highest BCUT2D eigenvalue weighted by Crippen LogP contribution is 2.31. The molecule has 2 heterocycles. The van der Waals surface area contributed by atoms with E-state index in [-0.39, 0.29) is 11.2 Å². The van der Waals surface area contributed by atoms with Crippen molar-refractivity contribution < 1.29 is 4.79 Å². The van der Waals surface area contributed by atoms with Gasteiger partial charge in [-0.3, -0.25) is 9.89 Å². The molecule has 2 aromatic rings. The van der Waals surface area contributed by atoms with Crippen molar-refractivity contribution in [1.29, 1.82) is 0 Å². The lowest BCUT2D eigenvalue weighted by Crippen LogP contribution is -2.40. The second-order valence-electron chi connectivity index (χ2n) is 7.40. The summed E-state index contributed by atoms with van der Waals surface area (Å²) in [6, 6.07) is 8.23. The monoisotopic (exact) mass is 370 g/mol. The lowest BCUT2D eigenvalue weighted by Gasteiger charge is -2.31. The third kappa shape index (κ3) is 3.80. The molecule has 0 spiro atoms. The van der Waals surface area contributed by atoms with Gasteiger partial charge in [-0.15, -0.1) is 5.10 Å². The van der Waals surface area contributed by atoms with Crippen LogP contribution in [0.15, 0.2) is 29.4 Å². The second kappa shape index (κ2) is 7.82. The van der Waals surface area contributed by atoms with Crippen molar-refractivity contribution in [3.05, 3.63) is 35.7 Å². The maximum atomic E-state index is 13.0. The summed E-state index contributed by atoms with van der Waals surface area (Å²) in [6.07, 6.45) is 8.32. The van der Waals surface area contributed by atoms with Crippen LogP contribution in [-0.2, 0) is 17.6 Å². The largest absolute Gasteiger partial charge is 0.311 e. The smallest absolute Gasteiger partial charge is 0.240 e. The van der Waals surface area contributed by atoms with Crippen molar-refractivity contribution in [2.45, 2.75) is 62.3 Å². The van der Waals surface area contributed by atoms with Crippen LogP contribution in [0.1, 0.15) is 50.4 Å². The van der Waals surface area contributed by atoms with Crippen molar-refractivity contribution in [2.75, 3.05) is 11.4 Å². The van der Waals surface area contributed by atoms with E-state index in [2.05, 4.69) is 27.3 Å². The summed E-state index contributed by atoms with van der Waals surface area (Å²) >= 11 is 1.45. The van der Waals surface area contributed by atoms with Gasteiger partial charge in [0, 0.05) is 18.7 Å². The van der Waals surface area contributed by atoms with Crippen LogP contribution in [0.25, 0.3) is 0 Å². The molecule has 1 unspecified atom stereocenters. The average molecular weight is 371 g/mol. The van der Waals surface area contributed by atoms with Gasteiger partial charge in [-0.05, 0) is 37.3 Å². The van der Waals surface area contributed by atoms with Crippen LogP contribution < -0.4 is 4.90 Å². The van der Waals surface area contributed by atoms with Crippen molar-refractivity contribution >= 4 is 23.4 Å². The highest BCUT2D eigenvalue weighted by atomic mass is 32.2. The number of rotatable bonds is 5. The molecule has 0 saturated heterocycles. The van der Waals surface area contributed by atoms with E-state index in [1.165, 1.54) is 43.0 Å². The molecular weight excluding hydrogens is 344 g/mol. The molecule has 1 fully saturated rings. The van der Waals surface area contributed by atoms with E-state index in [9.17, 15) is 4.79 Å². The van der Waals surface area contributed by atoms with Gasteiger partial charge in [-0.25, -0.2) is 4.98 Å². The Kier molecular flexibility index (Phi) is 5.29. The number of amides is 1. The molecule has 2 aliphatic rings. The van der Waals surface area contributed by atoms with Gasteiger partial charge in [0.25, 0.3) is 0 Å². The molecule has 1 saturated carbocycles. The maximum Gasteiger partial charge on any atom is 0.240 e. The SMILES string of the molecule is CC(Sc1n[nH]c(CC2CCCC2)n1)C(=O)N1CCCc2ccccc21. The van der Waals surface area contributed by atoms with Crippen LogP contribution in [0.2, 0.25) is 0 Å². The molecule has 1 N–H and O–H groups in total. The van der Waals surface area contributed by atoms with Crippen LogP contribution >= 0.6 is 11.8 Å². The molecule has 6 heteroatoms. The quantitative estimate of drug-likeness (QED) is 0.808. The molecule has 5 nitrogen and oxygen atoms in total. The van der Waals surface area contributed by atoms with E-state index < -0.39 is 0 Å². The summed E-state index contributed by atoms with van der Waals surface area (Å²) in [5, 5.41) is 7.88. The summed E-state index contributed by atoms with van der Waals surface area (Å²) in [5.41, 5.74) is 2.33. The Morgan fingerprint density at radius 3 is 2.96 bits per heavy atom. The first-order valence-corrected chi connectivity index (χ1v) is 10.6. The summed E-state index contributed by atoms with van der Waals surface area (Å²) in [7, 11) is 0. The number of carbonyl (C=O) groups excluding carboxylic acids is 1. The molecule has 4 rings (SSSR count). The summed E-state index contributed by atoms with van der Waals surface area (Å²) in [4.78, 5) is 19.5. The van der Waals surface area contributed by atoms with Crippen molar-refractivity contribution in [2.24, 2.45) is 5.92 Å². The van der Waals surface area contributed by atoms with Crippen LogP contribution in [0.4, 0.5) is 5.69 Å². The highest BCUT2D eigenvalue weighted by Gasteiger charge is 2.27. The maximum absolute atomic E-state index is 13.0. The standard InChI is InChI=1S/C20H26N4OS/c1-14(19(25)24-12-6-10-16-9-4-5-11-17(16)24)26-20-21-18(22-23-20)13-15-7-2-3-8-15/h4-5,9,11,14-15H,2-3,6-8,10,12-13H2,1H3,(H,21,22,23). The van der Waals surface area contributed by atoms with Crippen LogP contribution in [0, 0.1) is 5.92 Å². The number of aromatic amines is 1. The first kappa shape index (κ1) is 17.6.